The third-order valence-corrected chi connectivity index (χ3v) is 4.18. The van der Waals surface area contributed by atoms with E-state index in [1.54, 1.807) is 29.7 Å². The van der Waals surface area contributed by atoms with Gasteiger partial charge >= 0.3 is 11.9 Å². The SMILES string of the molecule is COC(=O)c1ccc(CNC(=O)COC(=O)/C=C/Sc2ccccc2)cc1. The maximum absolute atomic E-state index is 11.7. The normalized spacial score (nSPS) is 10.4. The summed E-state index contributed by atoms with van der Waals surface area (Å²) < 4.78 is 9.50. The Labute approximate surface area is 161 Å². The van der Waals surface area contributed by atoms with Gasteiger partial charge in [-0.3, -0.25) is 4.79 Å². The van der Waals surface area contributed by atoms with Crippen molar-refractivity contribution in [1.82, 2.24) is 5.32 Å². The Morgan fingerprint density at radius 3 is 2.41 bits per heavy atom. The average Bonchev–Trinajstić information content (AvgIpc) is 2.71. The summed E-state index contributed by atoms with van der Waals surface area (Å²) in [5, 5.41) is 4.25. The number of ether oxygens (including phenoxy) is 2. The van der Waals surface area contributed by atoms with Crippen molar-refractivity contribution in [2.75, 3.05) is 13.7 Å². The lowest BCUT2D eigenvalue weighted by molar-refractivity contribution is -0.143. The number of amides is 1. The van der Waals surface area contributed by atoms with Gasteiger partial charge in [0.2, 0.25) is 0 Å². The van der Waals surface area contributed by atoms with E-state index < -0.39 is 17.8 Å². The molecule has 2 aromatic rings. The maximum Gasteiger partial charge on any atom is 0.337 e. The second kappa shape index (κ2) is 10.8. The number of thioether (sulfide) groups is 1. The number of carbonyl (C=O) groups excluding carboxylic acids is 3. The van der Waals surface area contributed by atoms with E-state index >= 15 is 0 Å². The Balaban J connectivity index is 1.68. The molecular weight excluding hydrogens is 366 g/mol. The lowest BCUT2D eigenvalue weighted by Crippen LogP contribution is -2.28. The Morgan fingerprint density at radius 1 is 1.04 bits per heavy atom. The van der Waals surface area contributed by atoms with E-state index in [-0.39, 0.29) is 13.2 Å². The minimum Gasteiger partial charge on any atom is -0.465 e. The van der Waals surface area contributed by atoms with Gasteiger partial charge in [0.25, 0.3) is 5.91 Å². The summed E-state index contributed by atoms with van der Waals surface area (Å²) in [7, 11) is 1.31. The Kier molecular flexibility index (Phi) is 8.12. The summed E-state index contributed by atoms with van der Waals surface area (Å²) in [4.78, 5) is 35.7. The van der Waals surface area contributed by atoms with Crippen LogP contribution in [-0.4, -0.2) is 31.6 Å². The number of benzene rings is 2. The second-order valence-corrected chi connectivity index (χ2v) is 6.29. The lowest BCUT2D eigenvalue weighted by atomic mass is 10.1. The average molecular weight is 385 g/mol. The molecule has 1 amide bonds. The minimum absolute atomic E-state index is 0.261. The number of rotatable bonds is 8. The molecule has 0 aliphatic carbocycles. The monoisotopic (exact) mass is 385 g/mol. The van der Waals surface area contributed by atoms with Crippen LogP contribution in [0.25, 0.3) is 0 Å². The van der Waals surface area contributed by atoms with Crippen molar-refractivity contribution in [3.05, 3.63) is 77.2 Å². The third kappa shape index (κ3) is 7.37. The lowest BCUT2D eigenvalue weighted by Gasteiger charge is -2.06. The van der Waals surface area contributed by atoms with Gasteiger partial charge in [0.1, 0.15) is 0 Å². The van der Waals surface area contributed by atoms with Gasteiger partial charge in [0, 0.05) is 17.5 Å². The predicted molar refractivity (Wildman–Crippen MR) is 102 cm³/mol. The zero-order chi connectivity index (χ0) is 19.5. The van der Waals surface area contributed by atoms with Crippen LogP contribution in [0.5, 0.6) is 0 Å². The minimum atomic E-state index is -0.587. The maximum atomic E-state index is 11.7. The molecule has 140 valence electrons. The first-order valence-electron chi connectivity index (χ1n) is 8.07. The highest BCUT2D eigenvalue weighted by Crippen LogP contribution is 2.17. The van der Waals surface area contributed by atoms with Crippen LogP contribution in [0.4, 0.5) is 0 Å². The van der Waals surface area contributed by atoms with Crippen molar-refractivity contribution < 1.29 is 23.9 Å². The number of nitrogens with one attached hydrogen (secondary N) is 1. The predicted octanol–water partition coefficient (Wildman–Crippen LogP) is 2.94. The third-order valence-electron chi connectivity index (χ3n) is 3.36. The first-order chi connectivity index (χ1) is 13.1. The number of carbonyl (C=O) groups is 3. The molecule has 7 heteroatoms. The summed E-state index contributed by atoms with van der Waals surface area (Å²) in [6.45, 7) is -0.100. The molecule has 6 nitrogen and oxygen atoms in total. The molecule has 0 bridgehead atoms. The van der Waals surface area contributed by atoms with E-state index in [4.69, 9.17) is 4.74 Å². The van der Waals surface area contributed by atoms with Crippen molar-refractivity contribution in [2.45, 2.75) is 11.4 Å². The molecule has 0 unspecified atom stereocenters. The largest absolute Gasteiger partial charge is 0.465 e. The van der Waals surface area contributed by atoms with Crippen molar-refractivity contribution in [3.8, 4) is 0 Å². The summed E-state index contributed by atoms with van der Waals surface area (Å²) in [5.74, 6) is -1.42. The van der Waals surface area contributed by atoms with Crippen molar-refractivity contribution in [2.24, 2.45) is 0 Å². The van der Waals surface area contributed by atoms with E-state index in [0.717, 1.165) is 10.5 Å². The van der Waals surface area contributed by atoms with Gasteiger partial charge in [-0.05, 0) is 35.2 Å². The Bertz CT molecular complexity index is 803. The van der Waals surface area contributed by atoms with Crippen LogP contribution < -0.4 is 5.32 Å². The molecule has 0 aliphatic rings. The van der Waals surface area contributed by atoms with Crippen LogP contribution in [0.2, 0.25) is 0 Å². The molecule has 0 radical (unpaired) electrons. The van der Waals surface area contributed by atoms with E-state index in [1.807, 2.05) is 30.3 Å². The van der Waals surface area contributed by atoms with Gasteiger partial charge in [-0.15, -0.1) is 0 Å². The fraction of sp³-hybridized carbons (Fsp3) is 0.150. The van der Waals surface area contributed by atoms with Crippen LogP contribution in [0.1, 0.15) is 15.9 Å². The standard InChI is InChI=1S/C20H19NO5S/c1-25-20(24)16-9-7-15(8-10-16)13-21-18(22)14-26-19(23)11-12-27-17-5-3-2-4-6-17/h2-12H,13-14H2,1H3,(H,21,22)/b12-11+. The molecule has 0 fully saturated rings. The second-order valence-electron chi connectivity index (χ2n) is 5.31. The molecule has 27 heavy (non-hydrogen) atoms. The van der Waals surface area contributed by atoms with Gasteiger partial charge in [0.05, 0.1) is 12.7 Å². The van der Waals surface area contributed by atoms with Crippen LogP contribution in [0.15, 0.2) is 71.0 Å². The van der Waals surface area contributed by atoms with Gasteiger partial charge in [-0.2, -0.15) is 0 Å². The van der Waals surface area contributed by atoms with Gasteiger partial charge in [-0.25, -0.2) is 9.59 Å². The molecular formula is C20H19NO5S. The molecule has 0 aliphatic heterocycles. The van der Waals surface area contributed by atoms with E-state index in [1.165, 1.54) is 24.9 Å². The van der Waals surface area contributed by atoms with Crippen LogP contribution >= 0.6 is 11.8 Å². The zero-order valence-electron chi connectivity index (χ0n) is 14.7. The van der Waals surface area contributed by atoms with E-state index in [9.17, 15) is 14.4 Å². The van der Waals surface area contributed by atoms with Gasteiger partial charge in [0.15, 0.2) is 6.61 Å². The van der Waals surface area contributed by atoms with E-state index in [2.05, 4.69) is 10.1 Å². The topological polar surface area (TPSA) is 81.7 Å². The summed E-state index contributed by atoms with van der Waals surface area (Å²) >= 11 is 1.38. The molecule has 2 aromatic carbocycles. The van der Waals surface area contributed by atoms with Crippen molar-refractivity contribution in [3.63, 3.8) is 0 Å². The van der Waals surface area contributed by atoms with Crippen LogP contribution in [0, 0.1) is 0 Å². The molecule has 0 aromatic heterocycles. The fourth-order valence-corrected chi connectivity index (χ4v) is 2.63. The fourth-order valence-electron chi connectivity index (χ4n) is 1.98. The number of hydrogen-bond acceptors (Lipinski definition) is 6. The first kappa shape index (κ1) is 20.3. The van der Waals surface area contributed by atoms with Gasteiger partial charge < -0.3 is 14.8 Å². The summed E-state index contributed by atoms with van der Waals surface area (Å²) in [6.07, 6.45) is 1.27. The molecule has 2 rings (SSSR count). The smallest absolute Gasteiger partial charge is 0.337 e. The molecule has 0 saturated heterocycles. The number of methoxy groups -OCH3 is 1. The zero-order valence-corrected chi connectivity index (χ0v) is 15.5. The molecule has 0 saturated carbocycles. The molecule has 1 N–H and O–H groups in total. The highest BCUT2D eigenvalue weighted by atomic mass is 32.2. The highest BCUT2D eigenvalue weighted by molar-refractivity contribution is 8.02. The van der Waals surface area contributed by atoms with Gasteiger partial charge in [-0.1, -0.05) is 42.1 Å². The van der Waals surface area contributed by atoms with Crippen molar-refractivity contribution >= 4 is 29.6 Å². The highest BCUT2D eigenvalue weighted by Gasteiger charge is 2.07. The molecule has 0 atom stereocenters. The quantitative estimate of drug-likeness (QED) is 0.427. The number of hydrogen-bond donors (Lipinski definition) is 1. The van der Waals surface area contributed by atoms with Crippen LogP contribution in [0.3, 0.4) is 0 Å². The molecule has 0 heterocycles. The summed E-state index contributed by atoms with van der Waals surface area (Å²) in [5.41, 5.74) is 1.24. The Hall–Kier alpha value is -3.06. The van der Waals surface area contributed by atoms with Crippen LogP contribution in [-0.2, 0) is 25.6 Å². The molecule has 0 spiro atoms. The summed E-state index contributed by atoms with van der Waals surface area (Å²) in [6, 6.07) is 16.2. The Morgan fingerprint density at radius 2 is 1.74 bits per heavy atom. The first-order valence-corrected chi connectivity index (χ1v) is 8.95. The van der Waals surface area contributed by atoms with Crippen molar-refractivity contribution in [1.29, 1.82) is 0 Å². The van der Waals surface area contributed by atoms with E-state index in [0.29, 0.717) is 5.56 Å². The number of esters is 2.